The molecule has 0 aliphatic rings. The highest BCUT2D eigenvalue weighted by Gasteiger charge is 2.16. The molecule has 2 aromatic carbocycles. The molecule has 3 rings (SSSR count). The van der Waals surface area contributed by atoms with Crippen LogP contribution in [-0.4, -0.2) is 40.6 Å². The quantitative estimate of drug-likeness (QED) is 0.346. The van der Waals surface area contributed by atoms with Gasteiger partial charge in [-0.25, -0.2) is 19.6 Å². The summed E-state index contributed by atoms with van der Waals surface area (Å²) in [5, 5.41) is 8.67. The molecule has 1 aromatic heterocycles. The highest BCUT2D eigenvalue weighted by Crippen LogP contribution is 2.14. The number of esters is 1. The fourth-order valence-corrected chi connectivity index (χ4v) is 3.09. The molecule has 1 heterocycles. The lowest BCUT2D eigenvalue weighted by Gasteiger charge is -2.19. The van der Waals surface area contributed by atoms with Crippen molar-refractivity contribution >= 4 is 29.5 Å². The number of ether oxygens (including phenoxy) is 2. The molecule has 0 spiro atoms. The van der Waals surface area contributed by atoms with Crippen LogP contribution >= 0.6 is 0 Å². The van der Waals surface area contributed by atoms with Gasteiger partial charge in [-0.05, 0) is 62.7 Å². The minimum Gasteiger partial charge on any atom is -0.465 e. The van der Waals surface area contributed by atoms with Crippen LogP contribution in [-0.2, 0) is 22.6 Å². The molecule has 0 radical (unpaired) electrons. The predicted octanol–water partition coefficient (Wildman–Crippen LogP) is 5.18. The van der Waals surface area contributed by atoms with Crippen molar-refractivity contribution in [2.75, 3.05) is 17.7 Å². The minimum atomic E-state index is -0.580. The van der Waals surface area contributed by atoms with Crippen LogP contribution in [0.5, 0.6) is 0 Å². The number of hydrogen-bond donors (Lipinski definition) is 3. The van der Waals surface area contributed by atoms with Crippen molar-refractivity contribution in [3.8, 4) is 0 Å². The second-order valence-electron chi connectivity index (χ2n) is 8.83. The molecular formula is C28H35N5O5. The van der Waals surface area contributed by atoms with Gasteiger partial charge in [0.25, 0.3) is 5.91 Å². The van der Waals surface area contributed by atoms with Gasteiger partial charge in [-0.3, -0.25) is 4.79 Å². The van der Waals surface area contributed by atoms with Crippen molar-refractivity contribution in [3.63, 3.8) is 0 Å². The molecule has 0 aliphatic heterocycles. The van der Waals surface area contributed by atoms with E-state index in [-0.39, 0.29) is 12.5 Å². The first-order valence-electron chi connectivity index (χ1n) is 12.2. The summed E-state index contributed by atoms with van der Waals surface area (Å²) in [5.74, 6) is -0.144. The maximum Gasteiger partial charge on any atom is 0.407 e. The lowest BCUT2D eigenvalue weighted by molar-refractivity contribution is 0.0521. The van der Waals surface area contributed by atoms with E-state index in [1.807, 2.05) is 19.9 Å². The highest BCUT2D eigenvalue weighted by molar-refractivity contribution is 6.04. The number of methoxy groups -OCH3 is 1. The van der Waals surface area contributed by atoms with Crippen LogP contribution in [0, 0.1) is 0 Å². The number of carbonyl (C=O) groups excluding carboxylic acids is 3. The first-order chi connectivity index (χ1) is 18.1. The molecule has 3 N–H and O–H groups in total. The molecule has 0 unspecified atom stereocenters. The van der Waals surface area contributed by atoms with Gasteiger partial charge >= 0.3 is 12.1 Å². The zero-order valence-corrected chi connectivity index (χ0v) is 22.6. The normalized spacial score (nSPS) is 10.4. The van der Waals surface area contributed by atoms with Gasteiger partial charge in [-0.2, -0.15) is 0 Å². The maximum atomic E-state index is 12.7. The number of amides is 2. The summed E-state index contributed by atoms with van der Waals surface area (Å²) in [6, 6.07) is 15.3. The number of aromatic nitrogens is 2. The second kappa shape index (κ2) is 14.3. The Bertz CT molecular complexity index is 1220. The molecule has 0 atom stereocenters. The number of nitrogens with one attached hydrogen (secondary N) is 3. The average Bonchev–Trinajstić information content (AvgIpc) is 2.91. The number of benzene rings is 2. The Kier molecular flexibility index (Phi) is 11.2. The van der Waals surface area contributed by atoms with Crippen LogP contribution in [0.4, 0.5) is 16.3 Å². The number of carbonyl (C=O) groups is 3. The Morgan fingerprint density at radius 1 is 0.895 bits per heavy atom. The number of hydrogen-bond acceptors (Lipinski definition) is 8. The predicted molar refractivity (Wildman–Crippen MR) is 146 cm³/mol. The number of nitrogens with zero attached hydrogens (tertiary/aromatic N) is 2. The van der Waals surface area contributed by atoms with Crippen LogP contribution < -0.4 is 16.0 Å². The molecule has 0 bridgehead atoms. The van der Waals surface area contributed by atoms with Crippen molar-refractivity contribution in [2.24, 2.45) is 0 Å². The number of anilines is 2. The third-order valence-corrected chi connectivity index (χ3v) is 4.76. The Hall–Kier alpha value is -4.47. The van der Waals surface area contributed by atoms with Crippen LogP contribution in [0.1, 0.15) is 66.6 Å². The molecule has 0 saturated heterocycles. The minimum absolute atomic E-state index is 0.197. The maximum absolute atomic E-state index is 12.7. The topological polar surface area (TPSA) is 132 Å². The Labute approximate surface area is 223 Å². The van der Waals surface area contributed by atoms with Gasteiger partial charge in [0, 0.05) is 23.9 Å². The van der Waals surface area contributed by atoms with Crippen LogP contribution in [0.15, 0.2) is 60.9 Å². The van der Waals surface area contributed by atoms with Gasteiger partial charge in [-0.15, -0.1) is 0 Å². The van der Waals surface area contributed by atoms with Gasteiger partial charge in [0.1, 0.15) is 17.7 Å². The monoisotopic (exact) mass is 521 g/mol. The first-order valence-corrected chi connectivity index (χ1v) is 12.2. The summed E-state index contributed by atoms with van der Waals surface area (Å²) in [6.07, 6.45) is 0.883. The average molecular weight is 522 g/mol. The van der Waals surface area contributed by atoms with E-state index < -0.39 is 17.7 Å². The van der Waals surface area contributed by atoms with Crippen molar-refractivity contribution in [1.82, 2.24) is 15.3 Å². The fourth-order valence-electron chi connectivity index (χ4n) is 3.09. The van der Waals surface area contributed by atoms with E-state index in [1.165, 1.54) is 13.4 Å². The van der Waals surface area contributed by atoms with Gasteiger partial charge in [-0.1, -0.05) is 26.0 Å². The van der Waals surface area contributed by atoms with Crippen LogP contribution in [0.3, 0.4) is 0 Å². The van der Waals surface area contributed by atoms with E-state index in [2.05, 4.69) is 30.7 Å². The van der Waals surface area contributed by atoms with Gasteiger partial charge < -0.3 is 25.4 Å². The van der Waals surface area contributed by atoms with Gasteiger partial charge in [0.2, 0.25) is 0 Å². The summed E-state index contributed by atoms with van der Waals surface area (Å²) >= 11 is 0. The standard InChI is InChI=1S/C26H29N5O5.C2H6/c1-26(2,3)36-25(34)28-15-21-13-22(30-16-29-21)27-14-17-6-5-7-19(12-17)23(32)31-20-10-8-18(9-11-20)24(33)35-4;1-2/h5-13,16H,14-15H2,1-4H3,(H,28,34)(H,31,32)(H,27,29,30);1-2H3. The number of rotatable bonds is 8. The molecular weight excluding hydrogens is 486 g/mol. The number of alkyl carbamates (subject to hydrolysis) is 1. The van der Waals surface area contributed by atoms with Crippen molar-refractivity contribution in [1.29, 1.82) is 0 Å². The second-order valence-corrected chi connectivity index (χ2v) is 8.83. The van der Waals surface area contributed by atoms with E-state index in [0.717, 1.165) is 5.56 Å². The zero-order valence-electron chi connectivity index (χ0n) is 22.6. The van der Waals surface area contributed by atoms with Gasteiger partial charge in [0.05, 0.1) is 24.9 Å². The van der Waals surface area contributed by atoms with E-state index in [0.29, 0.717) is 34.9 Å². The van der Waals surface area contributed by atoms with E-state index >= 15 is 0 Å². The molecule has 38 heavy (non-hydrogen) atoms. The summed E-state index contributed by atoms with van der Waals surface area (Å²) in [7, 11) is 1.31. The molecule has 2 amide bonds. The van der Waals surface area contributed by atoms with Crippen LogP contribution in [0.2, 0.25) is 0 Å². The zero-order chi connectivity index (χ0) is 28.1. The molecule has 10 nitrogen and oxygen atoms in total. The lowest BCUT2D eigenvalue weighted by Crippen LogP contribution is -2.32. The van der Waals surface area contributed by atoms with Crippen molar-refractivity contribution < 1.29 is 23.9 Å². The molecule has 0 aliphatic carbocycles. The third-order valence-electron chi connectivity index (χ3n) is 4.76. The fraction of sp³-hybridized carbons (Fsp3) is 0.321. The Morgan fingerprint density at radius 2 is 1.61 bits per heavy atom. The largest absolute Gasteiger partial charge is 0.465 e. The van der Waals surface area contributed by atoms with Gasteiger partial charge in [0.15, 0.2) is 0 Å². The summed E-state index contributed by atoms with van der Waals surface area (Å²) in [5.41, 5.74) is 2.35. The summed E-state index contributed by atoms with van der Waals surface area (Å²) in [6.45, 7) is 10.00. The molecule has 0 saturated carbocycles. The first kappa shape index (κ1) is 29.8. The smallest absolute Gasteiger partial charge is 0.407 e. The van der Waals surface area contributed by atoms with E-state index in [9.17, 15) is 14.4 Å². The lowest BCUT2D eigenvalue weighted by atomic mass is 10.1. The third kappa shape index (κ3) is 9.88. The van der Waals surface area contributed by atoms with Crippen molar-refractivity contribution in [3.05, 3.63) is 83.3 Å². The molecule has 202 valence electrons. The molecule has 3 aromatic rings. The van der Waals surface area contributed by atoms with Crippen molar-refractivity contribution in [2.45, 2.75) is 53.3 Å². The SMILES string of the molecule is CC.COC(=O)c1ccc(NC(=O)c2cccc(CNc3cc(CNC(=O)OC(C)(C)C)ncn3)c2)cc1. The molecule has 0 fully saturated rings. The summed E-state index contributed by atoms with van der Waals surface area (Å²) in [4.78, 5) is 44.4. The highest BCUT2D eigenvalue weighted by atomic mass is 16.6. The van der Waals surface area contributed by atoms with E-state index in [4.69, 9.17) is 4.74 Å². The van der Waals surface area contributed by atoms with E-state index in [1.54, 1.807) is 69.3 Å². The molecule has 10 heteroatoms. The Morgan fingerprint density at radius 3 is 2.26 bits per heavy atom. The summed E-state index contributed by atoms with van der Waals surface area (Å²) < 4.78 is 9.90. The van der Waals surface area contributed by atoms with Crippen LogP contribution in [0.25, 0.3) is 0 Å². The Balaban J connectivity index is 0.00000247.